The van der Waals surface area contributed by atoms with Crippen LogP contribution in [0.15, 0.2) is 308 Å². The predicted molar refractivity (Wildman–Crippen MR) is 644 cm³/mol. The molecule has 18 heterocycles. The summed E-state index contributed by atoms with van der Waals surface area (Å²) in [5, 5.41) is 37.6. The Balaban J connectivity index is 0.000000110. The quantitative estimate of drug-likeness (QED) is 0.232. The molecule has 0 bridgehead atoms. The van der Waals surface area contributed by atoms with E-state index in [9.17, 15) is 0 Å². The molecule has 0 amide bonds. The van der Waals surface area contributed by atoms with Gasteiger partial charge in [0.2, 0.25) is 0 Å². The molecule has 0 N–H and O–H groups in total. The van der Waals surface area contributed by atoms with Crippen LogP contribution in [0.4, 0.5) is 11.4 Å². The first-order chi connectivity index (χ1) is 62.1. The van der Waals surface area contributed by atoms with Crippen molar-refractivity contribution in [3.05, 3.63) is 288 Å². The van der Waals surface area contributed by atoms with Crippen LogP contribution in [0.5, 0.6) is 0 Å². The van der Waals surface area contributed by atoms with Crippen LogP contribution >= 0.6 is 282 Å². The van der Waals surface area contributed by atoms with Gasteiger partial charge in [-0.25, -0.2) is 0 Å². The van der Waals surface area contributed by atoms with Gasteiger partial charge >= 0.3 is 0 Å². The molecule has 3 aromatic rings. The summed E-state index contributed by atoms with van der Waals surface area (Å²) in [4.78, 5) is 22.9. The Morgan fingerprint density at radius 1 is 0.254 bits per heavy atom. The lowest BCUT2D eigenvalue weighted by Gasteiger charge is -2.38. The van der Waals surface area contributed by atoms with Gasteiger partial charge in [0.05, 0.1) is 33.9 Å². The molecule has 0 atom stereocenters. The number of hydrogen-bond donors (Lipinski definition) is 0. The maximum Gasteiger partial charge on any atom is 0.155 e. The molecular weight excluding hydrogens is 2160 g/mol. The fraction of sp³-hybridized carbons (Fsp3) is 0.348. The molecule has 20 aliphatic rings. The first kappa shape index (κ1) is 103. The second-order valence-electron chi connectivity index (χ2n) is 37.0. The van der Waals surface area contributed by atoms with Crippen LogP contribution in [-0.4, -0.2) is 90.6 Å². The van der Waals surface area contributed by atoms with Crippen LogP contribution in [0.3, 0.4) is 0 Å². The summed E-state index contributed by atoms with van der Waals surface area (Å²) in [5.41, 5.74) is 4.21. The number of thioether (sulfide) groups is 24. The molecule has 8 nitrogen and oxygen atoms in total. The third-order valence-electron chi connectivity index (χ3n) is 22.0. The number of fused-ring (bicyclic) bond motifs is 7. The number of anilines is 2. The van der Waals surface area contributed by atoms with Gasteiger partial charge in [0.15, 0.2) is 49.4 Å². The lowest BCUT2D eigenvalue weighted by atomic mass is 10.1. The number of allylic oxidation sites excluding steroid dienone is 8. The van der Waals surface area contributed by atoms with Gasteiger partial charge in [0.25, 0.3) is 0 Å². The predicted octanol–water partition coefficient (Wildman–Crippen LogP) is 39.7. The minimum atomic E-state index is -1.57. The summed E-state index contributed by atoms with van der Waals surface area (Å²) < 4.78 is 27.5. The van der Waals surface area contributed by atoms with Crippen molar-refractivity contribution in [1.82, 2.24) is 28.1 Å². The molecule has 18 aliphatic heterocycles. The summed E-state index contributed by atoms with van der Waals surface area (Å²) >= 11 is 45.9. The van der Waals surface area contributed by atoms with Crippen molar-refractivity contribution in [2.75, 3.05) is 22.2 Å². The highest BCUT2D eigenvalue weighted by molar-refractivity contribution is 8.36. The Morgan fingerprint density at radius 2 is 0.538 bits per heavy atom. The molecule has 3 aromatic carbocycles. The summed E-state index contributed by atoms with van der Waals surface area (Å²) in [6, 6.07) is 26.4. The highest BCUT2D eigenvalue weighted by Gasteiger charge is 2.49. The molecule has 0 aromatic heterocycles. The van der Waals surface area contributed by atoms with Crippen LogP contribution in [0, 0.1) is 0 Å². The van der Waals surface area contributed by atoms with Crippen molar-refractivity contribution in [3.63, 3.8) is 0 Å². The molecule has 0 radical (unpaired) electrons. The van der Waals surface area contributed by atoms with E-state index in [0.29, 0.717) is 0 Å². The van der Waals surface area contributed by atoms with Crippen molar-refractivity contribution >= 4 is 343 Å². The number of para-hydroxylation sites is 2. The zero-order valence-electron chi connectivity index (χ0n) is 77.2. The number of benzene rings is 3. The van der Waals surface area contributed by atoms with Crippen LogP contribution in [0.25, 0.3) is 0 Å². The molecule has 130 heavy (non-hydrogen) atoms. The Morgan fingerprint density at radius 3 is 0.877 bits per heavy atom. The van der Waals surface area contributed by atoms with Gasteiger partial charge in [-0.05, 0) is 212 Å². The zero-order chi connectivity index (χ0) is 91.6. The van der Waals surface area contributed by atoms with Crippen LogP contribution in [0.1, 0.15) is 85.5 Å². The molecule has 2 aliphatic carbocycles. The first-order valence-electron chi connectivity index (χ1n) is 43.5. The average molecular weight is 2270 g/mol. The van der Waals surface area contributed by atoms with Crippen molar-refractivity contribution in [1.29, 1.82) is 0 Å². The second kappa shape index (κ2) is 45.5. The van der Waals surface area contributed by atoms with Crippen molar-refractivity contribution in [2.24, 2.45) is 0 Å². The lowest BCUT2D eigenvalue weighted by Crippen LogP contribution is -2.52. The van der Waals surface area contributed by atoms with E-state index in [1.54, 1.807) is 28.1 Å². The van der Waals surface area contributed by atoms with E-state index >= 15 is 0 Å². The maximum atomic E-state index is 2.67. The van der Waals surface area contributed by atoms with Gasteiger partial charge in [-0.2, -0.15) is 0 Å². The van der Waals surface area contributed by atoms with E-state index in [1.165, 1.54) is 180 Å². The molecule has 690 valence electrons. The Kier molecular flexibility index (Phi) is 36.1. The minimum absolute atomic E-state index is 1.16. The summed E-state index contributed by atoms with van der Waals surface area (Å²) in [7, 11) is -8.46. The van der Waals surface area contributed by atoms with Gasteiger partial charge in [0.1, 0.15) is 40.2 Å². The van der Waals surface area contributed by atoms with Crippen LogP contribution in [-0.2, 0) is 0 Å². The van der Waals surface area contributed by atoms with E-state index in [2.05, 4.69) is 392 Å². The van der Waals surface area contributed by atoms with Crippen molar-refractivity contribution in [3.8, 4) is 0 Å². The van der Waals surface area contributed by atoms with Crippen LogP contribution in [0.2, 0.25) is 110 Å². The summed E-state index contributed by atoms with van der Waals surface area (Å²) in [6.45, 7) is 50.2. The van der Waals surface area contributed by atoms with E-state index in [4.69, 9.17) is 0 Å². The molecular formula is C92H114N8S24Si6. The molecule has 38 heteroatoms. The van der Waals surface area contributed by atoms with E-state index in [-0.39, 0.29) is 0 Å². The fourth-order valence-electron chi connectivity index (χ4n) is 15.9. The largest absolute Gasteiger partial charge is 0.367 e. The smallest absolute Gasteiger partial charge is 0.155 e. The summed E-state index contributed by atoms with van der Waals surface area (Å²) in [6.07, 6.45) is 25.8. The molecule has 0 fully saturated rings. The summed E-state index contributed by atoms with van der Waals surface area (Å²) in [5.74, 6) is 0. The Bertz CT molecular complexity index is 5200. The standard InChI is InChI=1S/C20H26N2S2Si2.C14H16S4.C12H22N2S2Si2.C11H18N2S2Si2.C10H6S4.C10H12S4.C9H10N2S2.C6H4S4/c1-25(2,3)21-15-11-7-9-13-17(15)23-19(21)20-22(26(4,5)6)16-12-8-10-14-18(16)24-20;1-2-6-10-9(5-1)15-13(16-10)14-17-11-7-3-4-8-12(11)18-14;1-17(2,3)13-7-9-15-11(13)12-14(8-10-16-12)18(4,5)6;1-16(2)9-17(3,4)13-6-8-15-11(13)10-12(16)5-7-14-10;1-2-4-8-7(3-1)13-10(14-8)9-11-5-6-12-9;1-5-6(2)12-9(11-5)10-13-7(3)8(4)14-10;1-2-10-4-6-12-8(10)9-11(3-1)5-7-13-9;1-2-8-5(7-1)6-9-3-4-10-6/h7-14H,1-6H3;1-8H2;7-10H,1-6H3;5-8H,9H2,1-4H3;1-6H;1-4H3;4-7H,1-3H2;1-4H/b20-19+;;12-11+;;;;;. The number of nitrogens with zero attached hydrogens (tertiary/aromatic N) is 8. The number of hydrogen-bond acceptors (Lipinski definition) is 32. The SMILES string of the molecule is C1=CN2CCCN3C=CSC3=C2S1.C1=CSC(=C2SC=CS2)S1.C1=CSC(=C2Sc3ccccc3S2)S1.C1CCC2=C(C1)SC(=C1SC3=C(CCCC3)S1)S2.CC1=C(C)SC(=C2SC(C)=C(C)S2)S1.C[Si](C)(C)N1/C(=C2\Sc3ccccc3N2[Si](C)(C)C)Sc2ccccc21.C[Si](C)(C)N1C=CS/C1=C1/SC=CN1[Si](C)(C)C.C[Si]1(C)C[Si](C)(C)N2C=CSC2=C2SC=CN21. The van der Waals surface area contributed by atoms with Gasteiger partial charge in [0, 0.05) is 101 Å². The van der Waals surface area contributed by atoms with Crippen molar-refractivity contribution < 1.29 is 0 Å². The molecule has 0 saturated carbocycles. The third kappa shape index (κ3) is 25.0. The number of rotatable bonds is 4. The van der Waals surface area contributed by atoms with E-state index in [0.717, 1.165) is 13.1 Å². The third-order valence-corrected chi connectivity index (χ3v) is 70.5. The zero-order valence-corrected chi connectivity index (χ0v) is 103. The van der Waals surface area contributed by atoms with Gasteiger partial charge in [-0.1, -0.05) is 423 Å². The lowest BCUT2D eigenvalue weighted by molar-refractivity contribution is 0.461. The van der Waals surface area contributed by atoms with E-state index < -0.39 is 49.4 Å². The topological polar surface area (TPSA) is 25.9 Å². The van der Waals surface area contributed by atoms with Gasteiger partial charge in [-0.3, -0.25) is 0 Å². The highest BCUT2D eigenvalue weighted by atomic mass is 32.2. The van der Waals surface area contributed by atoms with Gasteiger partial charge < -0.3 is 37.2 Å². The molecule has 0 spiro atoms. The molecule has 0 saturated heterocycles. The van der Waals surface area contributed by atoms with E-state index in [1.807, 2.05) is 235 Å². The molecule has 0 unspecified atom stereocenters. The second-order valence-corrected chi connectivity index (χ2v) is 92.3. The minimum Gasteiger partial charge on any atom is -0.367 e. The van der Waals surface area contributed by atoms with Gasteiger partial charge in [-0.15, -0.1) is 0 Å². The normalized spacial score (nSPS) is 23.8. The highest BCUT2D eigenvalue weighted by Crippen LogP contribution is 2.66. The van der Waals surface area contributed by atoms with Crippen LogP contribution < -0.4 is 9.13 Å². The monoisotopic (exact) mass is 2270 g/mol. The Hall–Kier alpha value is 0.301. The average Bonchev–Trinajstić information content (AvgIpc) is 1.59. The maximum absolute atomic E-state index is 2.67. The molecule has 23 rings (SSSR count). The first-order valence-corrected chi connectivity index (χ1v) is 84.0. The Labute approximate surface area is 885 Å². The fourth-order valence-corrected chi connectivity index (χ4v) is 68.2. The van der Waals surface area contributed by atoms with Crippen molar-refractivity contribution in [2.45, 2.75) is 215 Å².